The zero-order valence-corrected chi connectivity index (χ0v) is 13.0. The largest absolute Gasteiger partial charge is 0.119 e. The molecule has 0 spiro atoms. The van der Waals surface area contributed by atoms with Gasteiger partial charge in [-0.25, -0.2) is 0 Å². The maximum Gasteiger partial charge on any atom is -0.0237 e. The molecule has 1 saturated carbocycles. The minimum absolute atomic E-state index is 1.10. The van der Waals surface area contributed by atoms with Crippen molar-refractivity contribution >= 4 is 8.58 Å². The highest BCUT2D eigenvalue weighted by atomic mass is 31.1. The number of unbranched alkanes of at least 4 members (excludes halogenated alkanes) is 2. The van der Waals surface area contributed by atoms with Crippen LogP contribution in [0.25, 0.3) is 0 Å². The molecule has 0 heterocycles. The summed E-state index contributed by atoms with van der Waals surface area (Å²) in [5, 5.41) is 0. The van der Waals surface area contributed by atoms with Crippen LogP contribution in [-0.2, 0) is 0 Å². The summed E-state index contributed by atoms with van der Waals surface area (Å²) >= 11 is 0. The van der Waals surface area contributed by atoms with E-state index in [0.29, 0.717) is 0 Å². The molecule has 1 heteroatoms. The molecule has 17 heavy (non-hydrogen) atoms. The maximum absolute atomic E-state index is 2.32. The fraction of sp³-hybridized carbons (Fsp3) is 1.00. The molecule has 1 unspecified atom stereocenters. The third-order valence-corrected chi connectivity index (χ3v) is 5.87. The van der Waals surface area contributed by atoms with Crippen molar-refractivity contribution in [2.45, 2.75) is 96.1 Å². The van der Waals surface area contributed by atoms with Crippen LogP contribution in [0.15, 0.2) is 0 Å². The third-order valence-electron chi connectivity index (χ3n) is 4.07. The molecule has 1 aliphatic rings. The highest BCUT2D eigenvalue weighted by Crippen LogP contribution is 2.31. The van der Waals surface area contributed by atoms with E-state index >= 15 is 0 Å². The summed E-state index contributed by atoms with van der Waals surface area (Å²) in [6, 6.07) is 0. The Labute approximate surface area is 111 Å². The second-order valence-corrected chi connectivity index (χ2v) is 7.49. The zero-order valence-electron chi connectivity index (χ0n) is 12.0. The van der Waals surface area contributed by atoms with Crippen LogP contribution < -0.4 is 0 Å². The Bertz CT molecular complexity index is 144. The monoisotopic (exact) mass is 256 g/mol. The summed E-state index contributed by atoms with van der Waals surface area (Å²) in [7, 11) is 1.28. The summed E-state index contributed by atoms with van der Waals surface area (Å²) < 4.78 is 0. The first-order valence-corrected chi connectivity index (χ1v) is 9.45. The van der Waals surface area contributed by atoms with Gasteiger partial charge in [-0.3, -0.25) is 0 Å². The van der Waals surface area contributed by atoms with E-state index in [4.69, 9.17) is 0 Å². The van der Waals surface area contributed by atoms with Crippen LogP contribution in [0.3, 0.4) is 0 Å². The number of rotatable bonds is 5. The van der Waals surface area contributed by atoms with Crippen molar-refractivity contribution in [3.63, 3.8) is 0 Å². The average Bonchev–Trinajstić information content (AvgIpc) is 2.40. The molecule has 0 aromatic rings. The average molecular weight is 256 g/mol. The van der Waals surface area contributed by atoms with E-state index in [-0.39, 0.29) is 0 Å². The molecule has 0 saturated heterocycles. The van der Waals surface area contributed by atoms with Crippen molar-refractivity contribution in [1.29, 1.82) is 0 Å². The van der Waals surface area contributed by atoms with Crippen molar-refractivity contribution in [2.24, 2.45) is 0 Å². The highest BCUT2D eigenvalue weighted by molar-refractivity contribution is 7.38. The molecule has 0 aromatic carbocycles. The van der Waals surface area contributed by atoms with E-state index in [1.54, 1.807) is 12.8 Å². The lowest BCUT2D eigenvalue weighted by Crippen LogP contribution is -2.02. The van der Waals surface area contributed by atoms with Crippen LogP contribution in [-0.4, -0.2) is 11.8 Å². The third kappa shape index (κ3) is 9.06. The van der Waals surface area contributed by atoms with Crippen LogP contribution in [0.2, 0.25) is 0 Å². The lowest BCUT2D eigenvalue weighted by molar-refractivity contribution is 0.585. The van der Waals surface area contributed by atoms with E-state index in [1.165, 1.54) is 85.4 Å². The molecule has 0 N–H and O–H groups in total. The molecule has 1 fully saturated rings. The zero-order chi connectivity index (χ0) is 12.2. The predicted molar refractivity (Wildman–Crippen MR) is 82.7 cm³/mol. The normalized spacial score (nSPS) is 21.7. The smallest absolute Gasteiger partial charge is 0.0237 e. The highest BCUT2D eigenvalue weighted by Gasteiger charge is 2.09. The summed E-state index contributed by atoms with van der Waals surface area (Å²) in [4.78, 5) is 0. The summed E-state index contributed by atoms with van der Waals surface area (Å²) in [5.41, 5.74) is 1.10. The number of hydrogen-bond donors (Lipinski definition) is 0. The maximum atomic E-state index is 2.32. The Morgan fingerprint density at radius 3 is 1.82 bits per heavy atom. The van der Waals surface area contributed by atoms with Crippen molar-refractivity contribution in [3.8, 4) is 0 Å². The second kappa shape index (κ2) is 11.5. The van der Waals surface area contributed by atoms with Gasteiger partial charge in [0.15, 0.2) is 0 Å². The lowest BCUT2D eigenvalue weighted by atomic mass is 10.1. The van der Waals surface area contributed by atoms with E-state index in [9.17, 15) is 0 Å². The Balaban J connectivity index is 2.13. The molecule has 0 radical (unpaired) electrons. The van der Waals surface area contributed by atoms with Crippen LogP contribution >= 0.6 is 8.58 Å². The van der Waals surface area contributed by atoms with Crippen molar-refractivity contribution in [3.05, 3.63) is 0 Å². The molecular weight excluding hydrogens is 223 g/mol. The lowest BCUT2D eigenvalue weighted by Gasteiger charge is -2.16. The molecule has 1 atom stereocenters. The minimum atomic E-state index is 1.10. The predicted octanol–water partition coefficient (Wildman–Crippen LogP) is 6.14. The van der Waals surface area contributed by atoms with Crippen LogP contribution in [0.5, 0.6) is 0 Å². The SMILES string of the molecule is CCCCCPC1CCCCCCCCCC1. The van der Waals surface area contributed by atoms with Crippen molar-refractivity contribution in [1.82, 2.24) is 0 Å². The van der Waals surface area contributed by atoms with Crippen molar-refractivity contribution < 1.29 is 0 Å². The van der Waals surface area contributed by atoms with E-state index in [0.717, 1.165) is 5.66 Å². The molecule has 1 rings (SSSR count). The van der Waals surface area contributed by atoms with Crippen LogP contribution in [0, 0.1) is 0 Å². The van der Waals surface area contributed by atoms with Gasteiger partial charge in [0.25, 0.3) is 0 Å². The first kappa shape index (κ1) is 15.5. The Morgan fingerprint density at radius 2 is 1.29 bits per heavy atom. The van der Waals surface area contributed by atoms with Gasteiger partial charge in [0.2, 0.25) is 0 Å². The molecule has 0 aliphatic heterocycles. The molecule has 0 aromatic heterocycles. The first-order chi connectivity index (χ1) is 8.43. The van der Waals surface area contributed by atoms with Gasteiger partial charge < -0.3 is 0 Å². The fourth-order valence-corrected chi connectivity index (χ4v) is 4.55. The van der Waals surface area contributed by atoms with Gasteiger partial charge in [0.05, 0.1) is 0 Å². The summed E-state index contributed by atoms with van der Waals surface area (Å²) in [6.07, 6.45) is 21.0. The van der Waals surface area contributed by atoms with Crippen molar-refractivity contribution in [2.75, 3.05) is 6.16 Å². The van der Waals surface area contributed by atoms with Gasteiger partial charge in [-0.2, -0.15) is 0 Å². The first-order valence-electron chi connectivity index (χ1n) is 8.17. The van der Waals surface area contributed by atoms with Crippen LogP contribution in [0.1, 0.15) is 90.4 Å². The minimum Gasteiger partial charge on any atom is -0.119 e. The summed E-state index contributed by atoms with van der Waals surface area (Å²) in [6.45, 7) is 2.32. The van der Waals surface area contributed by atoms with Gasteiger partial charge in [0.1, 0.15) is 0 Å². The molecule has 0 nitrogen and oxygen atoms in total. The van der Waals surface area contributed by atoms with Gasteiger partial charge in [-0.1, -0.05) is 71.1 Å². The Hall–Kier alpha value is 0.430. The molecular formula is C16H33P. The standard InChI is InChI=1S/C16H33P/c1-2-3-12-15-17-16-13-10-8-6-4-5-7-9-11-14-16/h16-17H,2-15H2,1H3. The van der Waals surface area contributed by atoms with E-state index in [2.05, 4.69) is 6.92 Å². The van der Waals surface area contributed by atoms with Crippen LogP contribution in [0.4, 0.5) is 0 Å². The number of hydrogen-bond acceptors (Lipinski definition) is 0. The summed E-state index contributed by atoms with van der Waals surface area (Å²) in [5.74, 6) is 0. The van der Waals surface area contributed by atoms with Gasteiger partial charge >= 0.3 is 0 Å². The van der Waals surface area contributed by atoms with E-state index < -0.39 is 0 Å². The molecule has 1 aliphatic carbocycles. The van der Waals surface area contributed by atoms with Gasteiger partial charge in [0, 0.05) is 0 Å². The Morgan fingerprint density at radius 1 is 0.765 bits per heavy atom. The second-order valence-electron chi connectivity index (χ2n) is 5.76. The topological polar surface area (TPSA) is 0 Å². The van der Waals surface area contributed by atoms with Gasteiger partial charge in [-0.15, -0.1) is 8.58 Å². The molecule has 102 valence electrons. The quantitative estimate of drug-likeness (QED) is 0.409. The van der Waals surface area contributed by atoms with Gasteiger partial charge in [-0.05, 0) is 31.1 Å². The fourth-order valence-electron chi connectivity index (χ4n) is 2.87. The molecule has 0 amide bonds. The Kier molecular flexibility index (Phi) is 10.5. The molecule has 0 bridgehead atoms. The van der Waals surface area contributed by atoms with E-state index in [1.807, 2.05) is 0 Å².